The van der Waals surface area contributed by atoms with Gasteiger partial charge in [0.25, 0.3) is 0 Å². The summed E-state index contributed by atoms with van der Waals surface area (Å²) in [5.41, 5.74) is 9.17. The molecular formula is C25H23ClFN5O. The standard InChI is InChI=1S/C25H23ClFN5O/c1-25(2,32-7-9-33-10-8-32)6-5-16-11-23-19(13-22(16)29)24(17(14-28)15-30-23)31-18-3-4-21(27)20(26)12-18/h3-4,11-13,15H,7-10,29H2,1-2H3,(H,30,31). The second-order valence-electron chi connectivity index (χ2n) is 8.28. The highest BCUT2D eigenvalue weighted by Crippen LogP contribution is 2.32. The molecule has 0 aliphatic carbocycles. The molecule has 2 heterocycles. The number of aromatic nitrogens is 1. The summed E-state index contributed by atoms with van der Waals surface area (Å²) in [6.45, 7) is 7.21. The fourth-order valence-corrected chi connectivity index (χ4v) is 3.90. The molecule has 1 fully saturated rings. The van der Waals surface area contributed by atoms with Crippen LogP contribution in [0.5, 0.6) is 0 Å². The van der Waals surface area contributed by atoms with E-state index < -0.39 is 5.82 Å². The van der Waals surface area contributed by atoms with Gasteiger partial charge in [-0.15, -0.1) is 0 Å². The minimum absolute atomic E-state index is 0.0168. The van der Waals surface area contributed by atoms with Gasteiger partial charge >= 0.3 is 0 Å². The number of hydrogen-bond donors (Lipinski definition) is 2. The van der Waals surface area contributed by atoms with Gasteiger partial charge in [-0.1, -0.05) is 23.4 Å². The zero-order valence-corrected chi connectivity index (χ0v) is 19.1. The second kappa shape index (κ2) is 9.25. The maximum Gasteiger partial charge on any atom is 0.141 e. The van der Waals surface area contributed by atoms with Crippen molar-refractivity contribution in [3.63, 3.8) is 0 Å². The third-order valence-electron chi connectivity index (χ3n) is 5.65. The van der Waals surface area contributed by atoms with Gasteiger partial charge in [0.2, 0.25) is 0 Å². The Balaban J connectivity index is 1.73. The Labute approximate surface area is 197 Å². The monoisotopic (exact) mass is 463 g/mol. The number of nitrogens with zero attached hydrogens (tertiary/aromatic N) is 3. The van der Waals surface area contributed by atoms with Crippen molar-refractivity contribution in [3.05, 3.63) is 58.5 Å². The van der Waals surface area contributed by atoms with Gasteiger partial charge in [-0.3, -0.25) is 9.88 Å². The number of halogens is 2. The van der Waals surface area contributed by atoms with Gasteiger partial charge in [0.05, 0.1) is 40.5 Å². The van der Waals surface area contributed by atoms with E-state index in [0.717, 1.165) is 13.1 Å². The van der Waals surface area contributed by atoms with Crippen molar-refractivity contribution in [2.45, 2.75) is 19.4 Å². The van der Waals surface area contributed by atoms with Crippen LogP contribution in [0.15, 0.2) is 36.5 Å². The van der Waals surface area contributed by atoms with Gasteiger partial charge < -0.3 is 15.8 Å². The maximum atomic E-state index is 13.5. The molecule has 168 valence electrons. The lowest BCUT2D eigenvalue weighted by atomic mass is 10.0. The topological polar surface area (TPSA) is 87.2 Å². The first kappa shape index (κ1) is 22.8. The van der Waals surface area contributed by atoms with Crippen LogP contribution in [0.2, 0.25) is 5.02 Å². The Morgan fingerprint density at radius 1 is 1.21 bits per heavy atom. The van der Waals surface area contributed by atoms with Crippen LogP contribution >= 0.6 is 11.6 Å². The maximum absolute atomic E-state index is 13.5. The SMILES string of the molecule is CC(C)(C#Cc1cc2ncc(C#N)c(Nc3ccc(F)c(Cl)c3)c2cc1N)N1CCOCC1. The van der Waals surface area contributed by atoms with E-state index in [0.29, 0.717) is 52.3 Å². The molecule has 0 bridgehead atoms. The van der Waals surface area contributed by atoms with Gasteiger partial charge in [-0.25, -0.2) is 4.39 Å². The van der Waals surface area contributed by atoms with E-state index in [1.807, 2.05) is 6.07 Å². The fourth-order valence-electron chi connectivity index (χ4n) is 3.72. The molecule has 3 aromatic rings. The summed E-state index contributed by atoms with van der Waals surface area (Å²) >= 11 is 5.91. The lowest BCUT2D eigenvalue weighted by Crippen LogP contribution is -2.49. The number of morpholine rings is 1. The van der Waals surface area contributed by atoms with Gasteiger partial charge in [0.15, 0.2) is 0 Å². The number of nitrogen functional groups attached to an aromatic ring is 1. The molecule has 0 spiro atoms. The summed E-state index contributed by atoms with van der Waals surface area (Å²) in [5, 5.41) is 13.4. The Morgan fingerprint density at radius 3 is 2.67 bits per heavy atom. The Kier molecular flexibility index (Phi) is 6.40. The summed E-state index contributed by atoms with van der Waals surface area (Å²) in [7, 11) is 0. The number of ether oxygens (including phenoxy) is 1. The largest absolute Gasteiger partial charge is 0.398 e. The molecule has 0 amide bonds. The zero-order chi connectivity index (χ0) is 23.6. The van der Waals surface area contributed by atoms with Crippen LogP contribution in [0.25, 0.3) is 10.9 Å². The normalized spacial score (nSPS) is 14.4. The molecule has 0 saturated carbocycles. The molecule has 33 heavy (non-hydrogen) atoms. The van der Waals surface area contributed by atoms with Crippen LogP contribution < -0.4 is 11.1 Å². The predicted molar refractivity (Wildman–Crippen MR) is 129 cm³/mol. The van der Waals surface area contributed by atoms with E-state index in [9.17, 15) is 9.65 Å². The molecule has 0 radical (unpaired) electrons. The van der Waals surface area contributed by atoms with E-state index in [-0.39, 0.29) is 10.6 Å². The number of pyridine rings is 1. The molecule has 1 aliphatic heterocycles. The second-order valence-corrected chi connectivity index (χ2v) is 8.68. The van der Waals surface area contributed by atoms with Crippen molar-refractivity contribution in [2.75, 3.05) is 37.4 Å². The van der Waals surface area contributed by atoms with Gasteiger partial charge in [0.1, 0.15) is 11.9 Å². The van der Waals surface area contributed by atoms with Gasteiger partial charge in [0, 0.05) is 41.6 Å². The third-order valence-corrected chi connectivity index (χ3v) is 5.94. The van der Waals surface area contributed by atoms with E-state index in [1.54, 1.807) is 12.1 Å². The molecule has 3 N–H and O–H groups in total. The van der Waals surface area contributed by atoms with Crippen LogP contribution in [0, 0.1) is 29.0 Å². The summed E-state index contributed by atoms with van der Waals surface area (Å²) in [5.74, 6) is 6.03. The first-order chi connectivity index (χ1) is 15.8. The van der Waals surface area contributed by atoms with E-state index in [1.165, 1.54) is 18.3 Å². The first-order valence-electron chi connectivity index (χ1n) is 10.5. The van der Waals surface area contributed by atoms with E-state index >= 15 is 0 Å². The molecular weight excluding hydrogens is 441 g/mol. The van der Waals surface area contributed by atoms with E-state index in [4.69, 9.17) is 22.1 Å². The highest BCUT2D eigenvalue weighted by atomic mass is 35.5. The zero-order valence-electron chi connectivity index (χ0n) is 18.4. The average molecular weight is 464 g/mol. The molecule has 6 nitrogen and oxygen atoms in total. The molecule has 8 heteroatoms. The number of benzene rings is 2. The van der Waals surface area contributed by atoms with Crippen molar-refractivity contribution in [1.82, 2.24) is 9.88 Å². The molecule has 1 aromatic heterocycles. The number of nitriles is 1. The lowest BCUT2D eigenvalue weighted by Gasteiger charge is -2.37. The van der Waals surface area contributed by atoms with Crippen LogP contribution in [0.3, 0.4) is 0 Å². The Hall–Kier alpha value is -3.36. The van der Waals surface area contributed by atoms with Crippen LogP contribution in [0.4, 0.5) is 21.5 Å². The van der Waals surface area contributed by atoms with E-state index in [2.05, 4.69) is 47.0 Å². The van der Waals surface area contributed by atoms with Crippen LogP contribution in [-0.4, -0.2) is 41.7 Å². The lowest BCUT2D eigenvalue weighted by molar-refractivity contribution is 0.00739. The molecule has 1 saturated heterocycles. The minimum atomic E-state index is -0.519. The van der Waals surface area contributed by atoms with Gasteiger partial charge in [-0.2, -0.15) is 5.26 Å². The molecule has 4 rings (SSSR count). The minimum Gasteiger partial charge on any atom is -0.398 e. The van der Waals surface area contributed by atoms with Crippen LogP contribution in [-0.2, 0) is 4.74 Å². The first-order valence-corrected chi connectivity index (χ1v) is 10.9. The number of hydrogen-bond acceptors (Lipinski definition) is 6. The molecule has 1 aliphatic rings. The molecule has 2 aromatic carbocycles. The molecule has 0 unspecified atom stereocenters. The Morgan fingerprint density at radius 2 is 1.97 bits per heavy atom. The highest BCUT2D eigenvalue weighted by molar-refractivity contribution is 6.31. The smallest absolute Gasteiger partial charge is 0.141 e. The van der Waals surface area contributed by atoms with Crippen molar-refractivity contribution in [1.29, 1.82) is 5.26 Å². The molecule has 0 atom stereocenters. The quantitative estimate of drug-likeness (QED) is 0.433. The summed E-state index contributed by atoms with van der Waals surface area (Å²) < 4.78 is 19.0. The third kappa shape index (κ3) is 4.86. The summed E-state index contributed by atoms with van der Waals surface area (Å²) in [6, 6.07) is 9.97. The van der Waals surface area contributed by atoms with Gasteiger partial charge in [-0.05, 0) is 44.2 Å². The number of nitrogens with two attached hydrogens (primary N) is 1. The summed E-state index contributed by atoms with van der Waals surface area (Å²) in [4.78, 5) is 6.71. The fraction of sp³-hybridized carbons (Fsp3) is 0.280. The van der Waals surface area contributed by atoms with Crippen LogP contribution in [0.1, 0.15) is 25.0 Å². The number of anilines is 3. The average Bonchev–Trinajstić information content (AvgIpc) is 2.81. The number of fused-ring (bicyclic) bond motifs is 1. The number of nitrogens with one attached hydrogen (secondary N) is 1. The predicted octanol–water partition coefficient (Wildman–Crippen LogP) is 4.69. The van der Waals surface area contributed by atoms with Crippen molar-refractivity contribution in [3.8, 4) is 17.9 Å². The summed E-state index contributed by atoms with van der Waals surface area (Å²) in [6.07, 6.45) is 1.49. The highest BCUT2D eigenvalue weighted by Gasteiger charge is 2.26. The number of rotatable bonds is 3. The van der Waals surface area contributed by atoms with Crippen molar-refractivity contribution < 1.29 is 9.13 Å². The van der Waals surface area contributed by atoms with Crippen molar-refractivity contribution >= 4 is 39.6 Å². The Bertz CT molecular complexity index is 1320. The van der Waals surface area contributed by atoms with Crippen molar-refractivity contribution in [2.24, 2.45) is 0 Å².